The fourth-order valence-corrected chi connectivity index (χ4v) is 3.44. The van der Waals surface area contributed by atoms with E-state index in [9.17, 15) is 4.79 Å². The molecule has 1 fully saturated rings. The number of benzene rings is 1. The highest BCUT2D eigenvalue weighted by atomic mass is 16.3. The molecule has 0 aliphatic carbocycles. The molecule has 1 amide bonds. The Labute approximate surface area is 144 Å². The summed E-state index contributed by atoms with van der Waals surface area (Å²) in [5.41, 5.74) is 4.33. The van der Waals surface area contributed by atoms with E-state index >= 15 is 0 Å². The maximum absolute atomic E-state index is 12.7. The van der Waals surface area contributed by atoms with E-state index in [0.29, 0.717) is 12.3 Å². The van der Waals surface area contributed by atoms with Gasteiger partial charge in [0.1, 0.15) is 5.58 Å². The first-order chi connectivity index (χ1) is 11.4. The Morgan fingerprint density at radius 1 is 1.12 bits per heavy atom. The zero-order chi connectivity index (χ0) is 17.3. The van der Waals surface area contributed by atoms with Crippen LogP contribution in [0.25, 0.3) is 11.0 Å². The van der Waals surface area contributed by atoms with Gasteiger partial charge in [0.2, 0.25) is 5.91 Å². The van der Waals surface area contributed by atoms with Gasteiger partial charge in [0.25, 0.3) is 0 Å². The van der Waals surface area contributed by atoms with Crippen molar-refractivity contribution >= 4 is 16.9 Å². The topological polar surface area (TPSA) is 36.7 Å². The third kappa shape index (κ3) is 3.64. The van der Waals surface area contributed by atoms with Crippen LogP contribution in [0.15, 0.2) is 22.8 Å². The molecule has 0 saturated carbocycles. The molecule has 0 spiro atoms. The lowest BCUT2D eigenvalue weighted by Gasteiger charge is -2.35. The number of aryl methyl sites for hydroxylation is 2. The van der Waals surface area contributed by atoms with E-state index in [1.807, 2.05) is 4.90 Å². The van der Waals surface area contributed by atoms with Crippen LogP contribution in [0.5, 0.6) is 0 Å². The molecule has 4 heteroatoms. The summed E-state index contributed by atoms with van der Waals surface area (Å²) in [6, 6.07) is 4.20. The molecule has 0 radical (unpaired) electrons. The summed E-state index contributed by atoms with van der Waals surface area (Å²) in [7, 11) is 0. The Kier molecular flexibility index (Phi) is 4.95. The Bertz CT molecular complexity index is 725. The Hall–Kier alpha value is -1.81. The van der Waals surface area contributed by atoms with E-state index in [-0.39, 0.29) is 5.91 Å². The van der Waals surface area contributed by atoms with E-state index in [1.165, 1.54) is 11.1 Å². The minimum atomic E-state index is 0.208. The zero-order valence-electron chi connectivity index (χ0n) is 15.3. The van der Waals surface area contributed by atoms with Crippen molar-refractivity contribution in [3.63, 3.8) is 0 Å². The third-order valence-corrected chi connectivity index (χ3v) is 4.96. The quantitative estimate of drug-likeness (QED) is 0.863. The molecule has 0 bridgehead atoms. The van der Waals surface area contributed by atoms with Gasteiger partial charge < -0.3 is 9.32 Å². The van der Waals surface area contributed by atoms with Gasteiger partial charge in [-0.1, -0.05) is 13.8 Å². The number of rotatable bonds is 4. The Morgan fingerprint density at radius 3 is 2.46 bits per heavy atom. The van der Waals surface area contributed by atoms with E-state index in [2.05, 4.69) is 44.7 Å². The minimum Gasteiger partial charge on any atom is -0.464 e. The molecule has 4 nitrogen and oxygen atoms in total. The van der Waals surface area contributed by atoms with Crippen LogP contribution >= 0.6 is 0 Å². The number of nitrogens with zero attached hydrogens (tertiary/aromatic N) is 2. The second kappa shape index (κ2) is 6.98. The number of piperazine rings is 1. The SMILES string of the molecule is Cc1cc2occ(CC(=O)N3CCN(CC(C)C)CC3)c2cc1C. The average Bonchev–Trinajstić information content (AvgIpc) is 2.90. The first kappa shape index (κ1) is 17.0. The van der Waals surface area contributed by atoms with Crippen molar-refractivity contribution in [1.29, 1.82) is 0 Å². The van der Waals surface area contributed by atoms with Gasteiger partial charge in [-0.25, -0.2) is 0 Å². The molecule has 1 aromatic heterocycles. The summed E-state index contributed by atoms with van der Waals surface area (Å²) in [6.07, 6.45) is 2.18. The van der Waals surface area contributed by atoms with E-state index in [4.69, 9.17) is 4.42 Å². The van der Waals surface area contributed by atoms with Gasteiger partial charge in [0.05, 0.1) is 12.7 Å². The number of fused-ring (bicyclic) bond motifs is 1. The van der Waals surface area contributed by atoms with Gasteiger partial charge in [-0.2, -0.15) is 0 Å². The largest absolute Gasteiger partial charge is 0.464 e. The predicted octanol–water partition coefficient (Wildman–Crippen LogP) is 3.39. The van der Waals surface area contributed by atoms with Crippen LogP contribution in [0.2, 0.25) is 0 Å². The maximum Gasteiger partial charge on any atom is 0.227 e. The molecule has 1 aliphatic heterocycles. The average molecular weight is 328 g/mol. The van der Waals surface area contributed by atoms with Gasteiger partial charge in [-0.15, -0.1) is 0 Å². The number of carbonyl (C=O) groups is 1. The lowest BCUT2D eigenvalue weighted by molar-refractivity contribution is -0.132. The van der Waals surface area contributed by atoms with Crippen LogP contribution in [0, 0.1) is 19.8 Å². The number of carbonyl (C=O) groups excluding carboxylic acids is 1. The molecule has 3 rings (SSSR count). The van der Waals surface area contributed by atoms with Crippen LogP contribution in [0.3, 0.4) is 0 Å². The van der Waals surface area contributed by atoms with Crippen molar-refractivity contribution < 1.29 is 9.21 Å². The molecule has 0 atom stereocenters. The molecule has 1 aromatic carbocycles. The van der Waals surface area contributed by atoms with Gasteiger partial charge in [0, 0.05) is 43.7 Å². The first-order valence-corrected chi connectivity index (χ1v) is 8.91. The summed E-state index contributed by atoms with van der Waals surface area (Å²) in [4.78, 5) is 17.1. The monoisotopic (exact) mass is 328 g/mol. The predicted molar refractivity (Wildman–Crippen MR) is 97.3 cm³/mol. The highest BCUT2D eigenvalue weighted by molar-refractivity contribution is 5.88. The number of hydrogen-bond donors (Lipinski definition) is 0. The fourth-order valence-electron chi connectivity index (χ4n) is 3.44. The summed E-state index contributed by atoms with van der Waals surface area (Å²) < 4.78 is 5.65. The van der Waals surface area contributed by atoms with Crippen molar-refractivity contribution in [3.8, 4) is 0 Å². The molecular weight excluding hydrogens is 300 g/mol. The first-order valence-electron chi connectivity index (χ1n) is 8.91. The Balaban J connectivity index is 1.65. The normalized spacial score (nSPS) is 16.3. The van der Waals surface area contributed by atoms with Crippen LogP contribution in [0.4, 0.5) is 0 Å². The lowest BCUT2D eigenvalue weighted by atomic mass is 10.0. The number of furan rings is 1. The smallest absolute Gasteiger partial charge is 0.227 e. The van der Waals surface area contributed by atoms with Gasteiger partial charge in [-0.05, 0) is 43.0 Å². The third-order valence-electron chi connectivity index (χ3n) is 4.96. The summed E-state index contributed by atoms with van der Waals surface area (Å²) in [5, 5.41) is 1.07. The van der Waals surface area contributed by atoms with Crippen molar-refractivity contribution in [2.24, 2.45) is 5.92 Å². The molecule has 1 aliphatic rings. The highest BCUT2D eigenvalue weighted by Gasteiger charge is 2.22. The summed E-state index contributed by atoms with van der Waals surface area (Å²) >= 11 is 0. The van der Waals surface area contributed by atoms with Crippen molar-refractivity contribution in [2.45, 2.75) is 34.1 Å². The molecule has 0 unspecified atom stereocenters. The van der Waals surface area contributed by atoms with Crippen LogP contribution < -0.4 is 0 Å². The standard InChI is InChI=1S/C20H28N2O2/c1-14(2)12-21-5-7-22(8-6-21)20(23)11-17-13-24-19-10-16(4)15(3)9-18(17)19/h9-10,13-14H,5-8,11-12H2,1-4H3. The molecule has 24 heavy (non-hydrogen) atoms. The Morgan fingerprint density at radius 2 is 1.79 bits per heavy atom. The van der Waals surface area contributed by atoms with E-state index in [0.717, 1.165) is 49.3 Å². The van der Waals surface area contributed by atoms with E-state index < -0.39 is 0 Å². The molecule has 1 saturated heterocycles. The lowest BCUT2D eigenvalue weighted by Crippen LogP contribution is -2.49. The van der Waals surface area contributed by atoms with Crippen molar-refractivity contribution in [2.75, 3.05) is 32.7 Å². The van der Waals surface area contributed by atoms with Crippen LogP contribution in [-0.4, -0.2) is 48.4 Å². The van der Waals surface area contributed by atoms with Gasteiger partial charge in [-0.3, -0.25) is 9.69 Å². The van der Waals surface area contributed by atoms with Crippen molar-refractivity contribution in [1.82, 2.24) is 9.80 Å². The van der Waals surface area contributed by atoms with Crippen LogP contribution in [0.1, 0.15) is 30.5 Å². The summed E-state index contributed by atoms with van der Waals surface area (Å²) in [6.45, 7) is 13.4. The number of hydrogen-bond acceptors (Lipinski definition) is 3. The molecule has 130 valence electrons. The van der Waals surface area contributed by atoms with Crippen molar-refractivity contribution in [3.05, 3.63) is 35.1 Å². The second-order valence-electron chi connectivity index (χ2n) is 7.45. The minimum absolute atomic E-state index is 0.208. The van der Waals surface area contributed by atoms with Crippen LogP contribution in [-0.2, 0) is 11.2 Å². The number of amides is 1. The molecular formula is C20H28N2O2. The van der Waals surface area contributed by atoms with Gasteiger partial charge >= 0.3 is 0 Å². The maximum atomic E-state index is 12.7. The second-order valence-corrected chi connectivity index (χ2v) is 7.45. The zero-order valence-corrected chi connectivity index (χ0v) is 15.3. The fraction of sp³-hybridized carbons (Fsp3) is 0.550. The van der Waals surface area contributed by atoms with Gasteiger partial charge in [0.15, 0.2) is 0 Å². The highest BCUT2D eigenvalue weighted by Crippen LogP contribution is 2.25. The summed E-state index contributed by atoms with van der Waals surface area (Å²) in [5.74, 6) is 0.886. The molecule has 2 aromatic rings. The molecule has 0 N–H and O–H groups in total. The van der Waals surface area contributed by atoms with E-state index in [1.54, 1.807) is 6.26 Å². The molecule has 2 heterocycles.